The smallest absolute Gasteiger partial charge is 0.0431 e. The number of benzene rings is 1. The van der Waals surface area contributed by atoms with Gasteiger partial charge in [0.1, 0.15) is 0 Å². The van der Waals surface area contributed by atoms with E-state index in [0.717, 1.165) is 5.56 Å². The highest BCUT2D eigenvalue weighted by Crippen LogP contribution is 2.25. The van der Waals surface area contributed by atoms with E-state index in [0.29, 0.717) is 23.6 Å². The maximum Gasteiger partial charge on any atom is 0.0431 e. The second-order valence-corrected chi connectivity index (χ2v) is 3.68. The molecule has 1 rings (SSSR count). The van der Waals surface area contributed by atoms with Gasteiger partial charge in [-0.05, 0) is 36.6 Å². The number of hydrogen-bond acceptors (Lipinski definition) is 3. The Morgan fingerprint density at radius 2 is 2.07 bits per heavy atom. The second kappa shape index (κ2) is 6.90. The van der Waals surface area contributed by atoms with Crippen molar-refractivity contribution in [3.8, 4) is 0 Å². The quantitative estimate of drug-likeness (QED) is 0.717. The van der Waals surface area contributed by atoms with Gasteiger partial charge in [0.25, 0.3) is 0 Å². The summed E-state index contributed by atoms with van der Waals surface area (Å²) in [5, 5.41) is 9.31. The number of aliphatic hydroxyl groups is 1. The van der Waals surface area contributed by atoms with Crippen LogP contribution in [0.2, 0.25) is 5.02 Å². The monoisotopic (exact) mass is 250 g/mol. The van der Waals surface area contributed by atoms with Crippen molar-refractivity contribution < 1.29 is 5.11 Å². The van der Waals surface area contributed by atoms with Crippen LogP contribution in [0.4, 0.5) is 5.69 Å². The Morgan fingerprint density at radius 1 is 1.40 bits per heavy atom. The van der Waals surface area contributed by atoms with Gasteiger partial charge in [0.2, 0.25) is 0 Å². The lowest BCUT2D eigenvalue weighted by Crippen LogP contribution is -2.12. The van der Waals surface area contributed by atoms with Crippen LogP contribution in [0, 0.1) is 0 Å². The molecule has 0 amide bonds. The van der Waals surface area contributed by atoms with Crippen LogP contribution >= 0.6 is 24.0 Å². The van der Waals surface area contributed by atoms with Crippen LogP contribution in [0.15, 0.2) is 18.2 Å². The van der Waals surface area contributed by atoms with E-state index < -0.39 is 0 Å². The van der Waals surface area contributed by atoms with E-state index in [1.807, 2.05) is 0 Å². The lowest BCUT2D eigenvalue weighted by atomic mass is 10.0. The van der Waals surface area contributed by atoms with E-state index >= 15 is 0 Å². The molecule has 0 aliphatic heterocycles. The Labute approximate surface area is 101 Å². The molecular weight excluding hydrogens is 235 g/mol. The highest BCUT2D eigenvalue weighted by Gasteiger charge is 2.09. The van der Waals surface area contributed by atoms with Crippen molar-refractivity contribution in [2.75, 3.05) is 12.3 Å². The predicted molar refractivity (Wildman–Crippen MR) is 66.4 cm³/mol. The van der Waals surface area contributed by atoms with E-state index in [2.05, 4.69) is 0 Å². The molecule has 0 heterocycles. The molecule has 0 saturated carbocycles. The number of anilines is 1. The average molecular weight is 251 g/mol. The SMILES string of the molecule is Cl.Nc1ccc(Cl)cc1[C@H](N)CCCO. The molecule has 15 heavy (non-hydrogen) atoms. The van der Waals surface area contributed by atoms with Gasteiger partial charge < -0.3 is 16.6 Å². The summed E-state index contributed by atoms with van der Waals surface area (Å²) in [5.41, 5.74) is 13.2. The Bertz CT molecular complexity index is 307. The first kappa shape index (κ1) is 14.5. The summed E-state index contributed by atoms with van der Waals surface area (Å²) in [6, 6.07) is 5.11. The molecule has 86 valence electrons. The minimum absolute atomic E-state index is 0. The molecule has 0 unspecified atom stereocenters. The van der Waals surface area contributed by atoms with Crippen molar-refractivity contribution in [1.82, 2.24) is 0 Å². The van der Waals surface area contributed by atoms with Gasteiger partial charge in [0.05, 0.1) is 0 Å². The van der Waals surface area contributed by atoms with Crippen LogP contribution in [0.25, 0.3) is 0 Å². The number of hydrogen-bond donors (Lipinski definition) is 3. The van der Waals surface area contributed by atoms with Crippen molar-refractivity contribution in [2.45, 2.75) is 18.9 Å². The molecule has 0 spiro atoms. The van der Waals surface area contributed by atoms with E-state index in [1.165, 1.54) is 0 Å². The maximum absolute atomic E-state index is 8.67. The number of rotatable bonds is 4. The zero-order chi connectivity index (χ0) is 10.6. The Hall–Kier alpha value is -0.480. The molecule has 3 nitrogen and oxygen atoms in total. The van der Waals surface area contributed by atoms with Crippen LogP contribution in [-0.4, -0.2) is 11.7 Å². The first-order chi connectivity index (χ1) is 6.65. The molecule has 5 N–H and O–H groups in total. The van der Waals surface area contributed by atoms with Crippen LogP contribution in [0.3, 0.4) is 0 Å². The summed E-state index contributed by atoms with van der Waals surface area (Å²) in [7, 11) is 0. The largest absolute Gasteiger partial charge is 0.398 e. The molecular formula is C10H16Cl2N2O. The Morgan fingerprint density at radius 3 is 2.67 bits per heavy atom. The minimum atomic E-state index is -0.152. The molecule has 0 bridgehead atoms. The molecule has 5 heteroatoms. The predicted octanol–water partition coefficient (Wildman–Crippen LogP) is 2.12. The number of nitrogens with two attached hydrogens (primary N) is 2. The van der Waals surface area contributed by atoms with Gasteiger partial charge in [0, 0.05) is 23.4 Å². The summed E-state index contributed by atoms with van der Waals surface area (Å²) >= 11 is 5.83. The van der Waals surface area contributed by atoms with E-state index in [4.69, 9.17) is 28.2 Å². The summed E-state index contributed by atoms with van der Waals surface area (Å²) in [6.07, 6.45) is 1.38. The molecule has 0 aromatic heterocycles. The van der Waals surface area contributed by atoms with Gasteiger partial charge >= 0.3 is 0 Å². The third kappa shape index (κ3) is 4.26. The molecule has 0 saturated heterocycles. The second-order valence-electron chi connectivity index (χ2n) is 3.25. The molecule has 0 aliphatic carbocycles. The maximum atomic E-state index is 8.67. The fourth-order valence-electron chi connectivity index (χ4n) is 1.33. The van der Waals surface area contributed by atoms with Crippen LogP contribution in [0.1, 0.15) is 24.4 Å². The third-order valence-corrected chi connectivity index (χ3v) is 2.36. The average Bonchev–Trinajstić information content (AvgIpc) is 2.18. The van der Waals surface area contributed by atoms with Gasteiger partial charge in [-0.25, -0.2) is 0 Å². The normalized spacial score (nSPS) is 11.9. The molecule has 1 aromatic rings. The topological polar surface area (TPSA) is 72.3 Å². The van der Waals surface area contributed by atoms with Crippen molar-refractivity contribution in [3.05, 3.63) is 28.8 Å². The zero-order valence-corrected chi connectivity index (χ0v) is 9.89. The highest BCUT2D eigenvalue weighted by atomic mass is 35.5. The van der Waals surface area contributed by atoms with E-state index in [-0.39, 0.29) is 25.1 Å². The summed E-state index contributed by atoms with van der Waals surface area (Å²) in [6.45, 7) is 0.147. The summed E-state index contributed by atoms with van der Waals surface area (Å²) in [5.74, 6) is 0. The van der Waals surface area contributed by atoms with Gasteiger partial charge in [0.15, 0.2) is 0 Å². The van der Waals surface area contributed by atoms with Gasteiger partial charge in [-0.3, -0.25) is 0 Å². The fourth-order valence-corrected chi connectivity index (χ4v) is 1.51. The first-order valence-electron chi connectivity index (χ1n) is 4.56. The molecule has 1 atom stereocenters. The van der Waals surface area contributed by atoms with Gasteiger partial charge in [-0.1, -0.05) is 11.6 Å². The van der Waals surface area contributed by atoms with Crippen molar-refractivity contribution in [3.63, 3.8) is 0 Å². The lowest BCUT2D eigenvalue weighted by molar-refractivity contribution is 0.280. The van der Waals surface area contributed by atoms with Crippen molar-refractivity contribution >= 4 is 29.7 Å². The summed E-state index contributed by atoms with van der Waals surface area (Å²) in [4.78, 5) is 0. The molecule has 1 aromatic carbocycles. The lowest BCUT2D eigenvalue weighted by Gasteiger charge is -2.13. The highest BCUT2D eigenvalue weighted by molar-refractivity contribution is 6.30. The third-order valence-electron chi connectivity index (χ3n) is 2.12. The van der Waals surface area contributed by atoms with Crippen LogP contribution in [-0.2, 0) is 0 Å². The van der Waals surface area contributed by atoms with E-state index in [9.17, 15) is 0 Å². The standard InChI is InChI=1S/C10H15ClN2O.ClH/c11-7-3-4-10(13)8(6-7)9(12)2-1-5-14;/h3-4,6,9,14H,1-2,5,12-13H2;1H/t9-;/m1./s1. The Kier molecular flexibility index (Phi) is 6.68. The molecule has 0 fully saturated rings. The Balaban J connectivity index is 0.00000196. The molecule has 0 aliphatic rings. The molecule has 0 radical (unpaired) electrons. The zero-order valence-electron chi connectivity index (χ0n) is 8.32. The minimum Gasteiger partial charge on any atom is -0.398 e. The van der Waals surface area contributed by atoms with Crippen LogP contribution in [0.5, 0.6) is 0 Å². The number of nitrogen functional groups attached to an aromatic ring is 1. The van der Waals surface area contributed by atoms with Gasteiger partial charge in [-0.2, -0.15) is 0 Å². The number of aliphatic hydroxyl groups excluding tert-OH is 1. The van der Waals surface area contributed by atoms with Crippen molar-refractivity contribution in [2.24, 2.45) is 5.73 Å². The van der Waals surface area contributed by atoms with Crippen LogP contribution < -0.4 is 11.5 Å². The summed E-state index contributed by atoms with van der Waals surface area (Å²) < 4.78 is 0. The van der Waals surface area contributed by atoms with Gasteiger partial charge in [-0.15, -0.1) is 12.4 Å². The van der Waals surface area contributed by atoms with E-state index in [1.54, 1.807) is 18.2 Å². The fraction of sp³-hybridized carbons (Fsp3) is 0.400. The number of halogens is 2. The van der Waals surface area contributed by atoms with Crippen molar-refractivity contribution in [1.29, 1.82) is 0 Å². The first-order valence-corrected chi connectivity index (χ1v) is 4.94.